The lowest BCUT2D eigenvalue weighted by atomic mass is 9.92. The van der Waals surface area contributed by atoms with Gasteiger partial charge in [-0.3, -0.25) is 0 Å². The minimum absolute atomic E-state index is 1.09. The average Bonchev–Trinajstić information content (AvgIpc) is 3.69. The quantitative estimate of drug-likeness (QED) is 0.191. The van der Waals surface area contributed by atoms with Crippen LogP contribution in [0.15, 0.2) is 176 Å². The summed E-state index contributed by atoms with van der Waals surface area (Å²) in [4.78, 5) is 0. The van der Waals surface area contributed by atoms with Gasteiger partial charge >= 0.3 is 0 Å². The van der Waals surface area contributed by atoms with Crippen LogP contribution < -0.4 is 5.32 Å². The van der Waals surface area contributed by atoms with Gasteiger partial charge in [0.05, 0.1) is 11.0 Å². The number of hydrogen-bond acceptors (Lipinski definition) is 1. The number of aromatic nitrogens is 1. The van der Waals surface area contributed by atoms with Gasteiger partial charge in [-0.25, -0.2) is 0 Å². The monoisotopic (exact) mass is 634 g/mol. The lowest BCUT2D eigenvalue weighted by Crippen LogP contribution is -1.97. The number of benzene rings is 9. The van der Waals surface area contributed by atoms with Gasteiger partial charge in [-0.1, -0.05) is 140 Å². The third kappa shape index (κ3) is 3.85. The highest BCUT2D eigenvalue weighted by Gasteiger charge is 2.23. The second-order valence-electron chi connectivity index (χ2n) is 13.4. The van der Waals surface area contributed by atoms with E-state index in [1.54, 1.807) is 0 Å². The molecule has 0 saturated carbocycles. The molecule has 0 atom stereocenters. The van der Waals surface area contributed by atoms with Crippen molar-refractivity contribution >= 4 is 65.5 Å². The Morgan fingerprint density at radius 2 is 1.08 bits per heavy atom. The van der Waals surface area contributed by atoms with Crippen LogP contribution in [0.4, 0.5) is 11.4 Å². The number of anilines is 2. The molecule has 1 aromatic heterocycles. The summed E-state index contributed by atoms with van der Waals surface area (Å²) in [5.74, 6) is 0. The highest BCUT2D eigenvalue weighted by molar-refractivity contribution is 6.27. The van der Waals surface area contributed by atoms with Crippen LogP contribution in [0, 0.1) is 0 Å². The number of nitrogens with one attached hydrogen (secondary N) is 1. The molecule has 1 heterocycles. The average molecular weight is 635 g/mol. The maximum atomic E-state index is 3.92. The fourth-order valence-electron chi connectivity index (χ4n) is 8.59. The van der Waals surface area contributed by atoms with E-state index in [2.05, 4.69) is 186 Å². The van der Waals surface area contributed by atoms with Crippen molar-refractivity contribution in [1.29, 1.82) is 0 Å². The molecule has 10 aromatic rings. The number of para-hydroxylation sites is 2. The molecule has 0 bridgehead atoms. The summed E-state index contributed by atoms with van der Waals surface area (Å²) in [6, 6.07) is 64.3. The van der Waals surface area contributed by atoms with E-state index in [0.717, 1.165) is 11.4 Å². The zero-order valence-electron chi connectivity index (χ0n) is 27.2. The van der Waals surface area contributed by atoms with Gasteiger partial charge in [0, 0.05) is 38.8 Å². The van der Waals surface area contributed by atoms with Crippen molar-refractivity contribution in [3.05, 3.63) is 176 Å². The molecule has 0 unspecified atom stereocenters. The molecule has 50 heavy (non-hydrogen) atoms. The smallest absolute Gasteiger partial charge is 0.0625 e. The van der Waals surface area contributed by atoms with Gasteiger partial charge in [-0.2, -0.15) is 0 Å². The third-order valence-corrected chi connectivity index (χ3v) is 10.7. The van der Waals surface area contributed by atoms with Crippen molar-refractivity contribution in [3.8, 4) is 39.1 Å². The van der Waals surface area contributed by atoms with Crippen LogP contribution in [0.2, 0.25) is 0 Å². The number of fused-ring (bicyclic) bond motifs is 10. The molecule has 232 valence electrons. The van der Waals surface area contributed by atoms with Crippen molar-refractivity contribution in [3.63, 3.8) is 0 Å². The normalized spacial score (nSPS) is 12.0. The van der Waals surface area contributed by atoms with Crippen LogP contribution in [-0.2, 0) is 0 Å². The first-order chi connectivity index (χ1) is 24.8. The molecule has 0 amide bonds. The predicted octanol–water partition coefficient (Wildman–Crippen LogP) is 13.3. The van der Waals surface area contributed by atoms with E-state index < -0.39 is 0 Å². The molecule has 9 aromatic carbocycles. The van der Waals surface area contributed by atoms with Crippen molar-refractivity contribution in [2.75, 3.05) is 5.32 Å². The maximum absolute atomic E-state index is 3.92. The van der Waals surface area contributed by atoms with Crippen LogP contribution in [0.1, 0.15) is 0 Å². The summed E-state index contributed by atoms with van der Waals surface area (Å²) in [5, 5.41) is 14.0. The van der Waals surface area contributed by atoms with E-state index in [9.17, 15) is 0 Å². The Bertz CT molecular complexity index is 2990. The summed E-state index contributed by atoms with van der Waals surface area (Å²) >= 11 is 0. The molecule has 1 aliphatic carbocycles. The molecule has 0 aliphatic heterocycles. The first-order valence-corrected chi connectivity index (χ1v) is 17.3. The Labute approximate surface area is 289 Å². The largest absolute Gasteiger partial charge is 0.355 e. The number of nitrogens with zero attached hydrogens (tertiary/aromatic N) is 1. The van der Waals surface area contributed by atoms with E-state index in [1.165, 1.54) is 93.2 Å². The van der Waals surface area contributed by atoms with Crippen molar-refractivity contribution in [2.24, 2.45) is 0 Å². The summed E-state index contributed by atoms with van der Waals surface area (Å²) < 4.78 is 2.45. The number of rotatable bonds is 4. The number of hydrogen-bond donors (Lipinski definition) is 1. The lowest BCUT2D eigenvalue weighted by Gasteiger charge is -2.18. The molecule has 2 nitrogen and oxygen atoms in total. The molecule has 1 N–H and O–H groups in total. The molecule has 2 heteroatoms. The van der Waals surface area contributed by atoms with E-state index in [1.807, 2.05) is 0 Å². The Kier molecular flexibility index (Phi) is 5.70. The zero-order valence-corrected chi connectivity index (χ0v) is 27.2. The molecular formula is C48H30N2. The van der Waals surface area contributed by atoms with Gasteiger partial charge in [-0.15, -0.1) is 0 Å². The van der Waals surface area contributed by atoms with Crippen molar-refractivity contribution in [2.45, 2.75) is 0 Å². The molecule has 0 radical (unpaired) electrons. The van der Waals surface area contributed by atoms with E-state index in [-0.39, 0.29) is 0 Å². The summed E-state index contributed by atoms with van der Waals surface area (Å²) in [6.07, 6.45) is 0. The standard InChI is InChI=1S/C48H30N2/c1-3-12-30(13-4-1)46-39-24-22-31-23-25-41-37-19-9-10-21-44(37)50(34-15-5-2-6-16-34)48(41)47(31)40(39)26-27-43(46)49-33-28-32-14-11-20-38-35-17-7-8-18-36(35)42(29-33)45(32)38/h1-29,49H. The first kappa shape index (κ1) is 27.3. The molecular weight excluding hydrogens is 605 g/mol. The lowest BCUT2D eigenvalue weighted by molar-refractivity contribution is 1.19. The molecule has 0 saturated heterocycles. The van der Waals surface area contributed by atoms with Crippen molar-refractivity contribution in [1.82, 2.24) is 4.57 Å². The molecule has 0 spiro atoms. The second-order valence-corrected chi connectivity index (χ2v) is 13.4. The predicted molar refractivity (Wildman–Crippen MR) is 213 cm³/mol. The van der Waals surface area contributed by atoms with Gasteiger partial charge in [0.1, 0.15) is 0 Å². The Balaban J connectivity index is 1.19. The van der Waals surface area contributed by atoms with Crippen LogP contribution in [0.25, 0.3) is 93.2 Å². The van der Waals surface area contributed by atoms with Crippen LogP contribution in [-0.4, -0.2) is 4.57 Å². The SMILES string of the molecule is c1ccc(-c2c(Nc3cc4c5c(cccc5c3)-c3ccccc3-4)ccc3c2ccc2ccc4c5ccccc5n(-c5ccccc5)c4c23)cc1. The van der Waals surface area contributed by atoms with E-state index >= 15 is 0 Å². The molecule has 1 aliphatic rings. The van der Waals surface area contributed by atoms with Crippen LogP contribution in [0.5, 0.6) is 0 Å². The minimum atomic E-state index is 1.09. The van der Waals surface area contributed by atoms with Crippen LogP contribution in [0.3, 0.4) is 0 Å². The second kappa shape index (κ2) is 10.4. The fraction of sp³-hybridized carbons (Fsp3) is 0. The van der Waals surface area contributed by atoms with E-state index in [0.29, 0.717) is 0 Å². The van der Waals surface area contributed by atoms with Gasteiger partial charge in [-0.05, 0) is 91.1 Å². The van der Waals surface area contributed by atoms with Gasteiger partial charge in [0.25, 0.3) is 0 Å². The highest BCUT2D eigenvalue weighted by atomic mass is 15.0. The van der Waals surface area contributed by atoms with Gasteiger partial charge in [0.2, 0.25) is 0 Å². The summed E-state index contributed by atoms with van der Waals surface area (Å²) in [7, 11) is 0. The summed E-state index contributed by atoms with van der Waals surface area (Å²) in [5.41, 5.74) is 13.4. The topological polar surface area (TPSA) is 17.0 Å². The van der Waals surface area contributed by atoms with Crippen LogP contribution >= 0.6 is 0 Å². The molecule has 0 fully saturated rings. The Morgan fingerprint density at radius 3 is 1.92 bits per heavy atom. The van der Waals surface area contributed by atoms with Gasteiger partial charge in [0.15, 0.2) is 0 Å². The maximum Gasteiger partial charge on any atom is 0.0625 e. The minimum Gasteiger partial charge on any atom is -0.355 e. The summed E-state index contributed by atoms with van der Waals surface area (Å²) in [6.45, 7) is 0. The molecule has 11 rings (SSSR count). The third-order valence-electron chi connectivity index (χ3n) is 10.7. The Hall–Kier alpha value is -6.64. The van der Waals surface area contributed by atoms with Crippen molar-refractivity contribution < 1.29 is 0 Å². The Morgan fingerprint density at radius 1 is 0.400 bits per heavy atom. The van der Waals surface area contributed by atoms with E-state index in [4.69, 9.17) is 0 Å². The zero-order chi connectivity index (χ0) is 32.8. The highest BCUT2D eigenvalue weighted by Crippen LogP contribution is 2.49. The fourth-order valence-corrected chi connectivity index (χ4v) is 8.59. The first-order valence-electron chi connectivity index (χ1n) is 17.3. The van der Waals surface area contributed by atoms with Gasteiger partial charge < -0.3 is 9.88 Å².